The van der Waals surface area contributed by atoms with Crippen molar-refractivity contribution in [2.24, 2.45) is 0 Å². The van der Waals surface area contributed by atoms with Crippen LogP contribution in [0.1, 0.15) is 22.0 Å². The van der Waals surface area contributed by atoms with Crippen LogP contribution in [0.5, 0.6) is 0 Å². The molecule has 0 fully saturated rings. The van der Waals surface area contributed by atoms with Crippen LogP contribution in [0.15, 0.2) is 65.8 Å². The standard InChI is InChI=1S/C15H14O3/c1-2-12(13-9-6-10-18-13)15(17)14(16)11-7-4-3-5-8-11/h2-10,12,15,17H,1H2/t12-,15-/m0/s1. The maximum Gasteiger partial charge on any atom is 0.192 e. The maximum atomic E-state index is 12.1. The summed E-state index contributed by atoms with van der Waals surface area (Å²) >= 11 is 0. The third-order valence-corrected chi connectivity index (χ3v) is 2.79. The number of carbonyl (C=O) groups is 1. The fourth-order valence-electron chi connectivity index (χ4n) is 1.82. The molecule has 0 saturated heterocycles. The average molecular weight is 242 g/mol. The molecule has 0 unspecified atom stereocenters. The summed E-state index contributed by atoms with van der Waals surface area (Å²) in [5.41, 5.74) is 0.475. The van der Waals surface area contributed by atoms with Gasteiger partial charge in [-0.05, 0) is 12.1 Å². The number of benzene rings is 1. The molecule has 92 valence electrons. The van der Waals surface area contributed by atoms with E-state index in [1.807, 2.05) is 6.07 Å². The first-order valence-electron chi connectivity index (χ1n) is 5.67. The van der Waals surface area contributed by atoms with Crippen LogP contribution in [-0.2, 0) is 0 Å². The van der Waals surface area contributed by atoms with Gasteiger partial charge in [-0.3, -0.25) is 4.79 Å². The SMILES string of the molecule is C=C[C@@H](c1ccco1)[C@H](O)C(=O)c1ccccc1. The summed E-state index contributed by atoms with van der Waals surface area (Å²) in [7, 11) is 0. The largest absolute Gasteiger partial charge is 0.469 e. The van der Waals surface area contributed by atoms with Crippen LogP contribution in [0.25, 0.3) is 0 Å². The van der Waals surface area contributed by atoms with E-state index < -0.39 is 12.0 Å². The number of hydrogen-bond donors (Lipinski definition) is 1. The van der Waals surface area contributed by atoms with Gasteiger partial charge in [-0.1, -0.05) is 36.4 Å². The first kappa shape index (κ1) is 12.3. The van der Waals surface area contributed by atoms with Crippen molar-refractivity contribution in [2.45, 2.75) is 12.0 Å². The van der Waals surface area contributed by atoms with Gasteiger partial charge in [-0.15, -0.1) is 6.58 Å². The van der Waals surface area contributed by atoms with Crippen LogP contribution in [0.3, 0.4) is 0 Å². The normalized spacial score (nSPS) is 13.8. The van der Waals surface area contributed by atoms with E-state index in [1.54, 1.807) is 36.4 Å². The molecule has 18 heavy (non-hydrogen) atoms. The molecular formula is C15H14O3. The highest BCUT2D eigenvalue weighted by atomic mass is 16.3. The number of hydrogen-bond acceptors (Lipinski definition) is 3. The Morgan fingerprint density at radius 2 is 1.94 bits per heavy atom. The van der Waals surface area contributed by atoms with Gasteiger partial charge >= 0.3 is 0 Å². The third kappa shape index (κ3) is 2.41. The van der Waals surface area contributed by atoms with Gasteiger partial charge in [0.2, 0.25) is 0 Å². The van der Waals surface area contributed by atoms with E-state index in [9.17, 15) is 9.90 Å². The minimum absolute atomic E-state index is 0.336. The van der Waals surface area contributed by atoms with Gasteiger partial charge in [0.05, 0.1) is 12.2 Å². The van der Waals surface area contributed by atoms with Crippen molar-refractivity contribution in [1.29, 1.82) is 0 Å². The van der Waals surface area contributed by atoms with Gasteiger partial charge in [0.25, 0.3) is 0 Å². The molecule has 1 aromatic carbocycles. The van der Waals surface area contributed by atoms with E-state index in [0.717, 1.165) is 0 Å². The Labute approximate surface area is 105 Å². The molecule has 0 bridgehead atoms. The summed E-state index contributed by atoms with van der Waals surface area (Å²) in [6.07, 6.45) is 1.84. The van der Waals surface area contributed by atoms with E-state index in [4.69, 9.17) is 4.42 Å². The third-order valence-electron chi connectivity index (χ3n) is 2.79. The van der Waals surface area contributed by atoms with Gasteiger partial charge in [-0.25, -0.2) is 0 Å². The van der Waals surface area contributed by atoms with E-state index in [1.165, 1.54) is 12.3 Å². The highest BCUT2D eigenvalue weighted by Crippen LogP contribution is 2.23. The molecule has 2 rings (SSSR count). The Morgan fingerprint density at radius 1 is 1.22 bits per heavy atom. The van der Waals surface area contributed by atoms with Gasteiger partial charge in [0.15, 0.2) is 5.78 Å². The fraction of sp³-hybridized carbons (Fsp3) is 0.133. The zero-order chi connectivity index (χ0) is 13.0. The molecule has 1 N–H and O–H groups in total. The quantitative estimate of drug-likeness (QED) is 0.648. The topological polar surface area (TPSA) is 50.4 Å². The first-order chi connectivity index (χ1) is 8.74. The van der Waals surface area contributed by atoms with E-state index >= 15 is 0 Å². The van der Waals surface area contributed by atoms with Crippen molar-refractivity contribution >= 4 is 5.78 Å². The van der Waals surface area contributed by atoms with Crippen molar-refractivity contribution in [1.82, 2.24) is 0 Å². The Kier molecular flexibility index (Phi) is 3.75. The second-order valence-electron chi connectivity index (χ2n) is 3.95. The lowest BCUT2D eigenvalue weighted by atomic mass is 9.93. The van der Waals surface area contributed by atoms with Crippen LogP contribution >= 0.6 is 0 Å². The predicted molar refractivity (Wildman–Crippen MR) is 68.4 cm³/mol. The number of ketones is 1. The molecule has 1 aromatic heterocycles. The van der Waals surface area contributed by atoms with E-state index in [0.29, 0.717) is 11.3 Å². The molecule has 3 heteroatoms. The molecule has 0 spiro atoms. The van der Waals surface area contributed by atoms with Crippen LogP contribution < -0.4 is 0 Å². The lowest BCUT2D eigenvalue weighted by Crippen LogP contribution is -2.26. The van der Waals surface area contributed by atoms with Crippen molar-refractivity contribution < 1.29 is 14.3 Å². The van der Waals surface area contributed by atoms with Gasteiger partial charge in [0, 0.05) is 5.56 Å². The Balaban J connectivity index is 2.23. The Hall–Kier alpha value is -2.13. The van der Waals surface area contributed by atoms with E-state index in [2.05, 4.69) is 6.58 Å². The minimum Gasteiger partial charge on any atom is -0.469 e. The zero-order valence-corrected chi connectivity index (χ0v) is 9.82. The highest BCUT2D eigenvalue weighted by molar-refractivity contribution is 6.00. The van der Waals surface area contributed by atoms with Gasteiger partial charge in [0.1, 0.15) is 11.9 Å². The average Bonchev–Trinajstić information content (AvgIpc) is 2.93. The zero-order valence-electron chi connectivity index (χ0n) is 9.82. The monoisotopic (exact) mass is 242 g/mol. The summed E-state index contributed by atoms with van der Waals surface area (Å²) in [6.45, 7) is 3.64. The number of aliphatic hydroxyl groups excluding tert-OH is 1. The lowest BCUT2D eigenvalue weighted by molar-refractivity contribution is 0.0706. The molecule has 0 aliphatic carbocycles. The Morgan fingerprint density at radius 3 is 2.50 bits per heavy atom. The van der Waals surface area contributed by atoms with Crippen LogP contribution in [0.2, 0.25) is 0 Å². The van der Waals surface area contributed by atoms with Crippen molar-refractivity contribution in [2.75, 3.05) is 0 Å². The maximum absolute atomic E-state index is 12.1. The molecule has 0 amide bonds. The predicted octanol–water partition coefficient (Wildman–Crippen LogP) is 2.79. The number of aliphatic hydroxyl groups is 1. The van der Waals surface area contributed by atoms with Crippen LogP contribution in [0.4, 0.5) is 0 Å². The molecule has 2 atom stereocenters. The van der Waals surface area contributed by atoms with Crippen molar-refractivity contribution in [3.8, 4) is 0 Å². The van der Waals surface area contributed by atoms with Crippen LogP contribution in [-0.4, -0.2) is 17.0 Å². The van der Waals surface area contributed by atoms with Crippen molar-refractivity contribution in [3.05, 3.63) is 72.7 Å². The lowest BCUT2D eigenvalue weighted by Gasteiger charge is -2.16. The summed E-state index contributed by atoms with van der Waals surface area (Å²) in [4.78, 5) is 12.1. The van der Waals surface area contributed by atoms with Crippen molar-refractivity contribution in [3.63, 3.8) is 0 Å². The van der Waals surface area contributed by atoms with Gasteiger partial charge < -0.3 is 9.52 Å². The fourth-order valence-corrected chi connectivity index (χ4v) is 1.82. The first-order valence-corrected chi connectivity index (χ1v) is 5.67. The summed E-state index contributed by atoms with van der Waals surface area (Å²) in [6, 6.07) is 12.1. The molecule has 0 radical (unpaired) electrons. The molecule has 0 aliphatic rings. The van der Waals surface area contributed by atoms with Gasteiger partial charge in [-0.2, -0.15) is 0 Å². The number of rotatable bonds is 5. The molecule has 2 aromatic rings. The van der Waals surface area contributed by atoms with E-state index in [-0.39, 0.29) is 5.78 Å². The summed E-state index contributed by atoms with van der Waals surface area (Å²) < 4.78 is 5.21. The second kappa shape index (κ2) is 5.47. The summed E-state index contributed by atoms with van der Waals surface area (Å²) in [5, 5.41) is 10.1. The smallest absolute Gasteiger partial charge is 0.192 e. The minimum atomic E-state index is -1.18. The molecule has 3 nitrogen and oxygen atoms in total. The summed E-state index contributed by atoms with van der Waals surface area (Å²) in [5.74, 6) is -0.341. The number of Topliss-reactive ketones (excluding diaryl/α,β-unsaturated/α-hetero) is 1. The molecule has 0 aliphatic heterocycles. The molecular weight excluding hydrogens is 228 g/mol. The number of carbonyl (C=O) groups excluding carboxylic acids is 1. The molecule has 1 heterocycles. The second-order valence-corrected chi connectivity index (χ2v) is 3.95. The highest BCUT2D eigenvalue weighted by Gasteiger charge is 2.27. The Bertz CT molecular complexity index is 514. The molecule has 0 saturated carbocycles. The number of furan rings is 1. The van der Waals surface area contributed by atoms with Crippen LogP contribution in [0, 0.1) is 0 Å².